The lowest BCUT2D eigenvalue weighted by Gasteiger charge is -2.23. The van der Waals surface area contributed by atoms with Crippen LogP contribution in [0.1, 0.15) is 0 Å². The molecule has 2 aliphatic heterocycles. The predicted octanol–water partition coefficient (Wildman–Crippen LogP) is -0.514. The van der Waals surface area contributed by atoms with E-state index in [-0.39, 0.29) is 12.3 Å². The molecule has 0 aromatic heterocycles. The number of Topliss-reactive ketones (excluding diaryl/α,β-unsaturated/α-hetero) is 1. The number of ketones is 1. The molecule has 2 heterocycles. The number of rotatable bonds is 0. The van der Waals surface area contributed by atoms with Crippen molar-refractivity contribution in [3.05, 3.63) is 11.5 Å². The summed E-state index contributed by atoms with van der Waals surface area (Å²) in [6.07, 6.45) is 1.56. The number of carbonyl (C=O) groups excluding carboxylic acids is 1. The maximum Gasteiger partial charge on any atom is 0.220 e. The van der Waals surface area contributed by atoms with Crippen LogP contribution in [0.2, 0.25) is 0 Å². The summed E-state index contributed by atoms with van der Waals surface area (Å²) >= 11 is 1.29. The van der Waals surface area contributed by atoms with Crippen molar-refractivity contribution >= 4 is 27.6 Å². The molecule has 0 amide bonds. The first-order valence-electron chi connectivity index (χ1n) is 3.44. The highest BCUT2D eigenvalue weighted by molar-refractivity contribution is 8.05. The van der Waals surface area contributed by atoms with Crippen LogP contribution in [0.25, 0.3) is 0 Å². The first-order chi connectivity index (χ1) is 5.61. The van der Waals surface area contributed by atoms with E-state index in [1.807, 2.05) is 0 Å². The van der Waals surface area contributed by atoms with Crippen molar-refractivity contribution in [3.8, 4) is 0 Å². The van der Waals surface area contributed by atoms with E-state index < -0.39 is 20.5 Å². The molecule has 0 radical (unpaired) electrons. The molecule has 0 aliphatic carbocycles. The Morgan fingerprint density at radius 1 is 1.58 bits per heavy atom. The molecule has 2 rings (SSSR count). The molecular weight excluding hydrogens is 198 g/mol. The van der Waals surface area contributed by atoms with E-state index >= 15 is 0 Å². The summed E-state index contributed by atoms with van der Waals surface area (Å²) in [7, 11) is -3.27. The Labute approximate surface area is 74.5 Å². The summed E-state index contributed by atoms with van der Waals surface area (Å²) < 4.78 is 24.8. The zero-order valence-electron chi connectivity index (χ0n) is 6.06. The van der Waals surface area contributed by atoms with Crippen LogP contribution in [0.3, 0.4) is 0 Å². The van der Waals surface area contributed by atoms with Crippen molar-refractivity contribution in [1.29, 1.82) is 0 Å². The molecule has 0 saturated carbocycles. The quantitative estimate of drug-likeness (QED) is 0.578. The third-order valence-corrected chi connectivity index (χ3v) is 4.94. The van der Waals surface area contributed by atoms with Crippen molar-refractivity contribution in [1.82, 2.24) is 4.72 Å². The third kappa shape index (κ3) is 1.10. The number of thioether (sulfide) groups is 1. The molecule has 0 aromatic carbocycles. The third-order valence-electron chi connectivity index (χ3n) is 1.92. The number of fused-ring (bicyclic) bond motifs is 1. The molecule has 2 atom stereocenters. The Balaban J connectivity index is 2.39. The maximum absolute atomic E-state index is 11.3. The summed E-state index contributed by atoms with van der Waals surface area (Å²) in [4.78, 5) is 11.2. The first kappa shape index (κ1) is 8.28. The maximum atomic E-state index is 11.3. The van der Waals surface area contributed by atoms with Crippen LogP contribution >= 0.6 is 11.8 Å². The van der Waals surface area contributed by atoms with Crippen LogP contribution in [0.15, 0.2) is 11.5 Å². The minimum absolute atomic E-state index is 0.0372. The molecule has 66 valence electrons. The lowest BCUT2D eigenvalue weighted by atomic mass is 10.2. The summed E-state index contributed by atoms with van der Waals surface area (Å²) in [5.74, 6) is -0.0372. The summed E-state index contributed by atoms with van der Waals surface area (Å²) in [5, 5.41) is 0.623. The Kier molecular flexibility index (Phi) is 1.78. The first-order valence-corrected chi connectivity index (χ1v) is 5.93. The van der Waals surface area contributed by atoms with Gasteiger partial charge in [-0.25, -0.2) is 13.1 Å². The highest BCUT2D eigenvalue weighted by Gasteiger charge is 2.42. The Morgan fingerprint density at radius 3 is 3.00 bits per heavy atom. The molecule has 0 bridgehead atoms. The fourth-order valence-electron chi connectivity index (χ4n) is 1.28. The standard InChI is InChI=1S/C6H7NO3S2/c8-4-3-7-12(9,10)5-1-2-11-6(4)5/h1-2,5-7H,3H2/t5-,6-/m1/s1. The lowest BCUT2D eigenvalue weighted by molar-refractivity contribution is -0.117. The smallest absolute Gasteiger partial charge is 0.220 e. The Bertz CT molecular complexity index is 346. The van der Waals surface area contributed by atoms with Crippen molar-refractivity contribution in [2.24, 2.45) is 0 Å². The average molecular weight is 205 g/mol. The largest absolute Gasteiger partial charge is 0.297 e. The minimum atomic E-state index is -3.27. The molecule has 4 nitrogen and oxygen atoms in total. The van der Waals surface area contributed by atoms with Gasteiger partial charge in [-0.05, 0) is 5.41 Å². The zero-order valence-corrected chi connectivity index (χ0v) is 7.69. The normalized spacial score (nSPS) is 38.2. The van der Waals surface area contributed by atoms with Crippen LogP contribution in [0.5, 0.6) is 0 Å². The van der Waals surface area contributed by atoms with E-state index in [2.05, 4.69) is 4.72 Å². The number of hydrogen-bond donors (Lipinski definition) is 1. The van der Waals surface area contributed by atoms with E-state index in [0.717, 1.165) is 0 Å². The van der Waals surface area contributed by atoms with E-state index in [4.69, 9.17) is 0 Å². The number of nitrogens with one attached hydrogen (secondary N) is 1. The van der Waals surface area contributed by atoms with Crippen LogP contribution in [-0.2, 0) is 14.8 Å². The molecule has 12 heavy (non-hydrogen) atoms. The number of sulfonamides is 1. The summed E-state index contributed by atoms with van der Waals surface area (Å²) in [6, 6.07) is 0. The lowest BCUT2D eigenvalue weighted by Crippen LogP contribution is -2.50. The second kappa shape index (κ2) is 2.58. The van der Waals surface area contributed by atoms with Gasteiger partial charge in [0.25, 0.3) is 0 Å². The second-order valence-electron chi connectivity index (χ2n) is 2.68. The molecule has 0 aromatic rings. The SMILES string of the molecule is O=C1CNS(=O)(=O)[C@@H]2C=CS[C@H]12. The number of hydrogen-bond acceptors (Lipinski definition) is 4. The van der Waals surface area contributed by atoms with Gasteiger partial charge in [0, 0.05) is 0 Å². The predicted molar refractivity (Wildman–Crippen MR) is 46.2 cm³/mol. The molecule has 1 N–H and O–H groups in total. The minimum Gasteiger partial charge on any atom is -0.297 e. The second-order valence-corrected chi connectivity index (χ2v) is 5.66. The van der Waals surface area contributed by atoms with E-state index in [1.54, 1.807) is 11.5 Å². The molecule has 0 spiro atoms. The Hall–Kier alpha value is -0.330. The summed E-state index contributed by atoms with van der Waals surface area (Å²) in [5.41, 5.74) is 0. The van der Waals surface area contributed by atoms with Gasteiger partial charge in [0.15, 0.2) is 5.78 Å². The van der Waals surface area contributed by atoms with E-state index in [9.17, 15) is 13.2 Å². The zero-order chi connectivity index (χ0) is 8.77. The van der Waals surface area contributed by atoms with Crippen molar-refractivity contribution in [2.45, 2.75) is 10.5 Å². The Morgan fingerprint density at radius 2 is 2.33 bits per heavy atom. The fraction of sp³-hybridized carbons (Fsp3) is 0.500. The van der Waals surface area contributed by atoms with Gasteiger partial charge in [-0.1, -0.05) is 6.08 Å². The molecule has 2 aliphatic rings. The van der Waals surface area contributed by atoms with Gasteiger partial charge < -0.3 is 0 Å². The molecule has 6 heteroatoms. The van der Waals surface area contributed by atoms with Crippen LogP contribution in [-0.4, -0.2) is 31.2 Å². The van der Waals surface area contributed by atoms with Gasteiger partial charge in [-0.15, -0.1) is 11.8 Å². The summed E-state index contributed by atoms with van der Waals surface area (Å²) in [6.45, 7) is -0.0574. The van der Waals surface area contributed by atoms with E-state index in [1.165, 1.54) is 11.8 Å². The molecule has 1 saturated heterocycles. The van der Waals surface area contributed by atoms with Crippen LogP contribution in [0, 0.1) is 0 Å². The average Bonchev–Trinajstić information content (AvgIpc) is 2.46. The monoisotopic (exact) mass is 205 g/mol. The van der Waals surface area contributed by atoms with Gasteiger partial charge in [0.05, 0.1) is 11.8 Å². The molecular formula is C6H7NO3S2. The van der Waals surface area contributed by atoms with Gasteiger partial charge in [-0.2, -0.15) is 0 Å². The van der Waals surface area contributed by atoms with Gasteiger partial charge >= 0.3 is 0 Å². The molecule has 1 fully saturated rings. The van der Waals surface area contributed by atoms with Crippen molar-refractivity contribution in [3.63, 3.8) is 0 Å². The van der Waals surface area contributed by atoms with Crippen LogP contribution in [0.4, 0.5) is 0 Å². The molecule has 0 unspecified atom stereocenters. The number of carbonyl (C=O) groups is 1. The van der Waals surface area contributed by atoms with Crippen LogP contribution < -0.4 is 4.72 Å². The van der Waals surface area contributed by atoms with Crippen molar-refractivity contribution in [2.75, 3.05) is 6.54 Å². The van der Waals surface area contributed by atoms with Crippen molar-refractivity contribution < 1.29 is 13.2 Å². The highest BCUT2D eigenvalue weighted by Crippen LogP contribution is 2.31. The topological polar surface area (TPSA) is 63.2 Å². The van der Waals surface area contributed by atoms with Gasteiger partial charge in [0.2, 0.25) is 10.0 Å². The van der Waals surface area contributed by atoms with E-state index in [0.29, 0.717) is 0 Å². The van der Waals surface area contributed by atoms with Gasteiger partial charge in [-0.3, -0.25) is 4.79 Å². The highest BCUT2D eigenvalue weighted by atomic mass is 32.2. The fourth-order valence-corrected chi connectivity index (χ4v) is 4.22. The van der Waals surface area contributed by atoms with Gasteiger partial charge in [0.1, 0.15) is 5.25 Å².